The van der Waals surface area contributed by atoms with Crippen molar-refractivity contribution >= 4 is 21.9 Å². The molecular weight excluding hydrogens is 316 g/mol. The van der Waals surface area contributed by atoms with E-state index >= 15 is 0 Å². The van der Waals surface area contributed by atoms with E-state index in [1.807, 2.05) is 6.92 Å². The van der Waals surface area contributed by atoms with E-state index in [-0.39, 0.29) is 11.2 Å². The average Bonchev–Trinajstić information content (AvgIpc) is 3.13. The molecule has 130 valence electrons. The van der Waals surface area contributed by atoms with Crippen LogP contribution in [0, 0.1) is 13.8 Å². The van der Waals surface area contributed by atoms with Gasteiger partial charge in [0.15, 0.2) is 0 Å². The van der Waals surface area contributed by atoms with Crippen molar-refractivity contribution in [1.82, 2.24) is 0 Å². The number of hydrogen-bond acceptors (Lipinski definition) is 4. The van der Waals surface area contributed by atoms with Crippen molar-refractivity contribution in [1.29, 1.82) is 0 Å². The van der Waals surface area contributed by atoms with E-state index < -0.39 is 0 Å². The monoisotopic (exact) mass is 338 g/mol. The van der Waals surface area contributed by atoms with Crippen LogP contribution in [0.3, 0.4) is 0 Å². The predicted molar refractivity (Wildman–Crippen MR) is 96.8 cm³/mol. The van der Waals surface area contributed by atoms with Gasteiger partial charge < -0.3 is 13.6 Å². The van der Waals surface area contributed by atoms with Gasteiger partial charge in [-0.3, -0.25) is 0 Å². The number of aryl methyl sites for hydroxylation is 4. The molecule has 1 aliphatic carbocycles. The summed E-state index contributed by atoms with van der Waals surface area (Å²) in [6, 6.07) is 0. The molecule has 0 fully saturated rings. The summed E-state index contributed by atoms with van der Waals surface area (Å²) in [4.78, 5) is 12.5. The molecule has 1 aliphatic heterocycles. The lowest BCUT2D eigenvalue weighted by molar-refractivity contribution is 0.0870. The van der Waals surface area contributed by atoms with Gasteiger partial charge in [0, 0.05) is 16.7 Å². The Balaban J connectivity index is 2.04. The highest BCUT2D eigenvalue weighted by Gasteiger charge is 2.34. The second-order valence-electron chi connectivity index (χ2n) is 8.06. The first kappa shape index (κ1) is 15.1. The molecule has 0 amide bonds. The van der Waals surface area contributed by atoms with Crippen LogP contribution in [0.2, 0.25) is 0 Å². The number of rotatable bonds is 0. The molecule has 0 atom stereocenters. The van der Waals surface area contributed by atoms with Crippen molar-refractivity contribution < 1.29 is 13.6 Å². The van der Waals surface area contributed by atoms with Crippen molar-refractivity contribution in [2.75, 3.05) is 0 Å². The molecule has 2 aliphatic rings. The molecule has 0 bridgehead atoms. The van der Waals surface area contributed by atoms with Crippen molar-refractivity contribution in [3.63, 3.8) is 0 Å². The normalized spacial score (nSPS) is 18.4. The molecule has 5 rings (SSSR count). The van der Waals surface area contributed by atoms with Crippen LogP contribution in [0.15, 0.2) is 13.6 Å². The Bertz CT molecular complexity index is 1110. The fraction of sp³-hybridized carbons (Fsp3) is 0.476. The van der Waals surface area contributed by atoms with Gasteiger partial charge in [-0.25, -0.2) is 4.79 Å². The van der Waals surface area contributed by atoms with Crippen LogP contribution < -0.4 is 10.4 Å². The molecule has 3 aromatic rings. The van der Waals surface area contributed by atoms with Crippen LogP contribution in [0.5, 0.6) is 5.75 Å². The summed E-state index contributed by atoms with van der Waals surface area (Å²) in [5.74, 6) is 1.74. The van der Waals surface area contributed by atoms with E-state index in [1.54, 1.807) is 0 Å². The van der Waals surface area contributed by atoms with Gasteiger partial charge in [0.1, 0.15) is 28.3 Å². The summed E-state index contributed by atoms with van der Waals surface area (Å²) in [5.41, 5.74) is 5.17. The van der Waals surface area contributed by atoms with Crippen LogP contribution in [0.1, 0.15) is 54.7 Å². The highest BCUT2D eigenvalue weighted by molar-refractivity contribution is 6.10. The minimum absolute atomic E-state index is 0.189. The molecule has 0 unspecified atom stereocenters. The Labute approximate surface area is 145 Å². The SMILES string of the molecule is Cc1oc2c(c1C)c1c(c3oc(=O)c4c(c32)CCC4)CCC(C)(C)O1. The third-order valence-corrected chi connectivity index (χ3v) is 5.93. The zero-order valence-corrected chi connectivity index (χ0v) is 15.2. The zero-order chi connectivity index (χ0) is 17.5. The molecule has 2 aromatic heterocycles. The first-order valence-corrected chi connectivity index (χ1v) is 9.09. The lowest BCUT2D eigenvalue weighted by Gasteiger charge is -2.33. The third-order valence-electron chi connectivity index (χ3n) is 5.93. The van der Waals surface area contributed by atoms with E-state index in [0.29, 0.717) is 5.58 Å². The summed E-state index contributed by atoms with van der Waals surface area (Å²) in [7, 11) is 0. The number of fused-ring (bicyclic) bond motifs is 8. The average molecular weight is 338 g/mol. The van der Waals surface area contributed by atoms with E-state index in [0.717, 1.165) is 82.2 Å². The summed E-state index contributed by atoms with van der Waals surface area (Å²) < 4.78 is 18.4. The number of hydrogen-bond donors (Lipinski definition) is 0. The molecule has 3 heterocycles. The van der Waals surface area contributed by atoms with Crippen molar-refractivity contribution in [3.8, 4) is 5.75 Å². The van der Waals surface area contributed by atoms with Gasteiger partial charge >= 0.3 is 5.63 Å². The Morgan fingerprint density at radius 3 is 2.44 bits per heavy atom. The Morgan fingerprint density at radius 1 is 0.880 bits per heavy atom. The van der Waals surface area contributed by atoms with Gasteiger partial charge in [0.25, 0.3) is 0 Å². The highest BCUT2D eigenvalue weighted by Crippen LogP contribution is 2.48. The van der Waals surface area contributed by atoms with E-state index in [4.69, 9.17) is 13.6 Å². The van der Waals surface area contributed by atoms with E-state index in [9.17, 15) is 4.79 Å². The van der Waals surface area contributed by atoms with Gasteiger partial charge in [-0.2, -0.15) is 0 Å². The smallest absolute Gasteiger partial charge is 0.339 e. The molecular formula is C21H22O4. The van der Waals surface area contributed by atoms with Crippen molar-refractivity contribution in [2.24, 2.45) is 0 Å². The van der Waals surface area contributed by atoms with E-state index in [1.165, 1.54) is 0 Å². The molecule has 0 saturated heterocycles. The Morgan fingerprint density at radius 2 is 1.64 bits per heavy atom. The fourth-order valence-corrected chi connectivity index (χ4v) is 4.46. The maximum Gasteiger partial charge on any atom is 0.339 e. The number of benzene rings is 1. The molecule has 0 N–H and O–H groups in total. The fourth-order valence-electron chi connectivity index (χ4n) is 4.46. The number of furan rings is 1. The van der Waals surface area contributed by atoms with E-state index in [2.05, 4.69) is 20.8 Å². The summed E-state index contributed by atoms with van der Waals surface area (Å²) in [6.45, 7) is 8.28. The maximum atomic E-state index is 12.5. The topological polar surface area (TPSA) is 52.6 Å². The summed E-state index contributed by atoms with van der Waals surface area (Å²) in [6.07, 6.45) is 4.46. The molecule has 4 nitrogen and oxygen atoms in total. The summed E-state index contributed by atoms with van der Waals surface area (Å²) >= 11 is 0. The Kier molecular flexibility index (Phi) is 2.82. The third kappa shape index (κ3) is 1.91. The van der Waals surface area contributed by atoms with Crippen LogP contribution >= 0.6 is 0 Å². The molecule has 1 aromatic carbocycles. The molecule has 25 heavy (non-hydrogen) atoms. The van der Waals surface area contributed by atoms with Crippen LogP contribution in [-0.4, -0.2) is 5.60 Å². The van der Waals surface area contributed by atoms with Gasteiger partial charge in [0.05, 0.1) is 10.8 Å². The van der Waals surface area contributed by atoms with Crippen LogP contribution in [0.4, 0.5) is 0 Å². The molecule has 0 saturated carbocycles. The second kappa shape index (κ2) is 4.69. The largest absolute Gasteiger partial charge is 0.487 e. The lowest BCUT2D eigenvalue weighted by Crippen LogP contribution is -2.33. The molecule has 4 heteroatoms. The van der Waals surface area contributed by atoms with Crippen molar-refractivity contribution in [3.05, 3.63) is 38.4 Å². The minimum atomic E-state index is -0.234. The van der Waals surface area contributed by atoms with Gasteiger partial charge in [-0.15, -0.1) is 0 Å². The van der Waals surface area contributed by atoms with Gasteiger partial charge in [0.2, 0.25) is 0 Å². The highest BCUT2D eigenvalue weighted by atomic mass is 16.5. The zero-order valence-electron chi connectivity index (χ0n) is 15.2. The summed E-state index contributed by atoms with van der Waals surface area (Å²) in [5, 5.41) is 2.05. The van der Waals surface area contributed by atoms with Crippen LogP contribution in [0.25, 0.3) is 21.9 Å². The molecule has 0 spiro atoms. The minimum Gasteiger partial charge on any atom is -0.487 e. The van der Waals surface area contributed by atoms with Crippen LogP contribution in [-0.2, 0) is 19.3 Å². The Hall–Kier alpha value is -2.23. The van der Waals surface area contributed by atoms with Gasteiger partial charge in [-0.1, -0.05) is 0 Å². The first-order chi connectivity index (χ1) is 11.9. The predicted octanol–water partition coefficient (Wildman–Crippen LogP) is 4.75. The quantitative estimate of drug-likeness (QED) is 0.555. The number of ether oxygens (including phenoxy) is 1. The molecule has 0 radical (unpaired) electrons. The van der Waals surface area contributed by atoms with Gasteiger partial charge in [-0.05, 0) is 65.4 Å². The maximum absolute atomic E-state index is 12.5. The first-order valence-electron chi connectivity index (χ1n) is 9.09. The second-order valence-corrected chi connectivity index (χ2v) is 8.06. The lowest BCUT2D eigenvalue weighted by atomic mass is 9.90. The van der Waals surface area contributed by atoms with Crippen molar-refractivity contribution in [2.45, 2.75) is 65.4 Å². The standard InChI is InChI=1S/C21H22O4/c1-10-11(2)23-19-15(10)18-14(8-9-21(3,4)25-18)17-16(19)12-6-5-7-13(12)20(22)24-17/h5-9H2,1-4H3.